The van der Waals surface area contributed by atoms with Crippen molar-refractivity contribution >= 4 is 38.6 Å². The molecule has 3 aromatic rings. The lowest BCUT2D eigenvalue weighted by atomic mass is 10.0. The van der Waals surface area contributed by atoms with Crippen molar-refractivity contribution in [3.8, 4) is 0 Å². The Morgan fingerprint density at radius 1 is 1.20 bits per heavy atom. The van der Waals surface area contributed by atoms with Crippen molar-refractivity contribution in [2.45, 2.75) is 18.8 Å². The van der Waals surface area contributed by atoms with E-state index in [-0.39, 0.29) is 11.7 Å². The fourth-order valence-corrected chi connectivity index (χ4v) is 3.19. The van der Waals surface area contributed by atoms with E-state index >= 15 is 0 Å². The molecule has 1 amide bonds. The highest BCUT2D eigenvalue weighted by molar-refractivity contribution is 9.10. The van der Waals surface area contributed by atoms with Gasteiger partial charge in [-0.2, -0.15) is 0 Å². The first-order valence-electron chi connectivity index (χ1n) is 8.04. The predicted molar refractivity (Wildman–Crippen MR) is 98.3 cm³/mol. The van der Waals surface area contributed by atoms with Gasteiger partial charge in [-0.05, 0) is 65.2 Å². The Hall–Kier alpha value is -2.34. The molecule has 0 N–H and O–H groups in total. The minimum Gasteiger partial charge on any atom is -0.296 e. The Labute approximate surface area is 152 Å². The third-order valence-corrected chi connectivity index (χ3v) is 4.81. The standard InChI is InChI=1S/C19H15BrFN3O/c1-24(18-4-2-3-17(20)23-18)19(25)14-10-16(11-5-6-11)22-15-8-7-12(21)9-13(14)15/h2-4,7-11H,5-6H2,1H3. The first-order valence-corrected chi connectivity index (χ1v) is 8.83. The van der Waals surface area contributed by atoms with E-state index in [0.717, 1.165) is 18.5 Å². The second-order valence-electron chi connectivity index (χ2n) is 6.21. The molecule has 0 aliphatic heterocycles. The minimum atomic E-state index is -0.384. The number of amides is 1. The van der Waals surface area contributed by atoms with E-state index in [1.807, 2.05) is 6.07 Å². The Bertz CT molecular complexity index is 988. The third kappa shape index (κ3) is 3.14. The summed E-state index contributed by atoms with van der Waals surface area (Å²) in [6.07, 6.45) is 2.16. The Kier molecular flexibility index (Phi) is 4.00. The highest BCUT2D eigenvalue weighted by atomic mass is 79.9. The zero-order valence-corrected chi connectivity index (χ0v) is 15.1. The fraction of sp³-hybridized carbons (Fsp3) is 0.211. The summed E-state index contributed by atoms with van der Waals surface area (Å²) in [6.45, 7) is 0. The molecule has 4 rings (SSSR count). The molecule has 1 aliphatic rings. The van der Waals surface area contributed by atoms with Crippen LogP contribution in [0.15, 0.2) is 47.1 Å². The first-order chi connectivity index (χ1) is 12.0. The van der Waals surface area contributed by atoms with Gasteiger partial charge in [0.25, 0.3) is 5.91 Å². The molecular weight excluding hydrogens is 385 g/mol. The smallest absolute Gasteiger partial charge is 0.259 e. The molecule has 126 valence electrons. The largest absolute Gasteiger partial charge is 0.296 e. The summed E-state index contributed by atoms with van der Waals surface area (Å²) in [6, 6.07) is 11.5. The number of hydrogen-bond acceptors (Lipinski definition) is 3. The number of halogens is 2. The molecule has 6 heteroatoms. The second-order valence-corrected chi connectivity index (χ2v) is 7.03. The van der Waals surface area contributed by atoms with Crippen molar-refractivity contribution in [2.24, 2.45) is 0 Å². The number of fused-ring (bicyclic) bond motifs is 1. The molecule has 1 saturated carbocycles. The lowest BCUT2D eigenvalue weighted by Gasteiger charge is -2.18. The normalized spacial score (nSPS) is 13.9. The molecule has 1 aromatic carbocycles. The van der Waals surface area contributed by atoms with Crippen molar-refractivity contribution in [2.75, 3.05) is 11.9 Å². The van der Waals surface area contributed by atoms with Crippen molar-refractivity contribution in [3.05, 3.63) is 64.1 Å². The maximum atomic E-state index is 13.8. The SMILES string of the molecule is CN(C(=O)c1cc(C2CC2)nc2ccc(F)cc12)c1cccc(Br)n1. The molecule has 0 radical (unpaired) electrons. The van der Waals surface area contributed by atoms with Gasteiger partial charge in [0, 0.05) is 24.0 Å². The van der Waals surface area contributed by atoms with Crippen LogP contribution in [0.4, 0.5) is 10.2 Å². The van der Waals surface area contributed by atoms with Gasteiger partial charge < -0.3 is 0 Å². The monoisotopic (exact) mass is 399 g/mol. The number of carbonyl (C=O) groups excluding carboxylic acids is 1. The van der Waals surface area contributed by atoms with Crippen LogP contribution in [0.1, 0.15) is 34.8 Å². The molecule has 1 fully saturated rings. The van der Waals surface area contributed by atoms with E-state index in [0.29, 0.717) is 32.8 Å². The Morgan fingerprint density at radius 2 is 2.00 bits per heavy atom. The highest BCUT2D eigenvalue weighted by Gasteiger charge is 2.28. The van der Waals surface area contributed by atoms with Gasteiger partial charge >= 0.3 is 0 Å². The van der Waals surface area contributed by atoms with Gasteiger partial charge in [0.05, 0.1) is 11.1 Å². The van der Waals surface area contributed by atoms with Crippen LogP contribution in [-0.4, -0.2) is 22.9 Å². The van der Waals surface area contributed by atoms with Crippen LogP contribution in [-0.2, 0) is 0 Å². The zero-order valence-electron chi connectivity index (χ0n) is 13.5. The van der Waals surface area contributed by atoms with Crippen molar-refractivity contribution in [1.82, 2.24) is 9.97 Å². The molecule has 25 heavy (non-hydrogen) atoms. The maximum absolute atomic E-state index is 13.8. The summed E-state index contributed by atoms with van der Waals surface area (Å²) in [5, 5.41) is 0.524. The number of aromatic nitrogens is 2. The molecule has 0 bridgehead atoms. The summed E-state index contributed by atoms with van der Waals surface area (Å²) in [7, 11) is 1.67. The average molecular weight is 400 g/mol. The lowest BCUT2D eigenvalue weighted by molar-refractivity contribution is 0.0993. The number of anilines is 1. The molecule has 0 atom stereocenters. The zero-order chi connectivity index (χ0) is 17.6. The number of nitrogens with zero attached hydrogens (tertiary/aromatic N) is 3. The fourth-order valence-electron chi connectivity index (χ4n) is 2.85. The van der Waals surface area contributed by atoms with Crippen LogP contribution in [0.5, 0.6) is 0 Å². The number of rotatable bonds is 3. The Morgan fingerprint density at radius 3 is 2.72 bits per heavy atom. The number of pyridine rings is 2. The summed E-state index contributed by atoms with van der Waals surface area (Å²) < 4.78 is 14.4. The van der Waals surface area contributed by atoms with Crippen LogP contribution in [0.25, 0.3) is 10.9 Å². The maximum Gasteiger partial charge on any atom is 0.259 e. The molecule has 0 spiro atoms. The molecule has 4 nitrogen and oxygen atoms in total. The molecule has 1 aliphatic carbocycles. The van der Waals surface area contributed by atoms with Crippen LogP contribution in [0.3, 0.4) is 0 Å². The molecule has 2 aromatic heterocycles. The van der Waals surface area contributed by atoms with E-state index in [2.05, 4.69) is 25.9 Å². The molecular formula is C19H15BrFN3O. The predicted octanol–water partition coefficient (Wildman–Crippen LogP) is 4.69. The number of hydrogen-bond donors (Lipinski definition) is 0. The molecule has 0 saturated heterocycles. The van der Waals surface area contributed by atoms with Gasteiger partial charge in [-0.15, -0.1) is 0 Å². The van der Waals surface area contributed by atoms with Crippen LogP contribution >= 0.6 is 15.9 Å². The molecule has 0 unspecified atom stereocenters. The van der Waals surface area contributed by atoms with Gasteiger partial charge in [-0.25, -0.2) is 9.37 Å². The second kappa shape index (κ2) is 6.19. The van der Waals surface area contributed by atoms with Crippen molar-refractivity contribution < 1.29 is 9.18 Å². The highest BCUT2D eigenvalue weighted by Crippen LogP contribution is 2.40. The van der Waals surface area contributed by atoms with Crippen molar-refractivity contribution in [3.63, 3.8) is 0 Å². The topological polar surface area (TPSA) is 46.1 Å². The summed E-state index contributed by atoms with van der Waals surface area (Å²) >= 11 is 3.32. The number of benzene rings is 1. The first kappa shape index (κ1) is 16.1. The summed E-state index contributed by atoms with van der Waals surface area (Å²) in [4.78, 5) is 23.5. The summed E-state index contributed by atoms with van der Waals surface area (Å²) in [5.74, 6) is 0.306. The van der Waals surface area contributed by atoms with Crippen LogP contribution in [0, 0.1) is 5.82 Å². The average Bonchev–Trinajstić information content (AvgIpc) is 3.44. The van der Waals surface area contributed by atoms with Crippen LogP contribution in [0.2, 0.25) is 0 Å². The molecule has 2 heterocycles. The van der Waals surface area contributed by atoms with E-state index in [9.17, 15) is 9.18 Å². The van der Waals surface area contributed by atoms with Gasteiger partial charge in [0.15, 0.2) is 0 Å². The van der Waals surface area contributed by atoms with Gasteiger partial charge in [-0.3, -0.25) is 14.7 Å². The van der Waals surface area contributed by atoms with Gasteiger partial charge in [0.1, 0.15) is 16.2 Å². The number of carbonyl (C=O) groups is 1. The van der Waals surface area contributed by atoms with E-state index in [1.165, 1.54) is 17.0 Å². The van der Waals surface area contributed by atoms with Gasteiger partial charge in [0.2, 0.25) is 0 Å². The van der Waals surface area contributed by atoms with E-state index in [1.54, 1.807) is 31.3 Å². The Balaban J connectivity index is 1.83. The third-order valence-electron chi connectivity index (χ3n) is 4.37. The van der Waals surface area contributed by atoms with E-state index < -0.39 is 0 Å². The van der Waals surface area contributed by atoms with E-state index in [4.69, 9.17) is 0 Å². The van der Waals surface area contributed by atoms with Crippen molar-refractivity contribution in [1.29, 1.82) is 0 Å². The van der Waals surface area contributed by atoms with Crippen LogP contribution < -0.4 is 4.90 Å². The minimum absolute atomic E-state index is 0.231. The quantitative estimate of drug-likeness (QED) is 0.600. The lowest BCUT2D eigenvalue weighted by Crippen LogP contribution is -2.27. The van der Waals surface area contributed by atoms with Gasteiger partial charge in [-0.1, -0.05) is 6.07 Å². The summed E-state index contributed by atoms with van der Waals surface area (Å²) in [5.41, 5.74) is 2.00.